The van der Waals surface area contributed by atoms with Gasteiger partial charge in [-0.1, -0.05) is 41.4 Å². The first kappa shape index (κ1) is 12.5. The summed E-state index contributed by atoms with van der Waals surface area (Å²) in [5.41, 5.74) is 1.45. The summed E-state index contributed by atoms with van der Waals surface area (Å²) in [5, 5.41) is 0. The summed E-state index contributed by atoms with van der Waals surface area (Å²) in [6, 6.07) is 8.82. The third-order valence-electron chi connectivity index (χ3n) is 2.26. The van der Waals surface area contributed by atoms with Gasteiger partial charge in [0.15, 0.2) is 0 Å². The van der Waals surface area contributed by atoms with Gasteiger partial charge in [-0.05, 0) is 59.5 Å². The van der Waals surface area contributed by atoms with E-state index in [2.05, 4.69) is 69.7 Å². The van der Waals surface area contributed by atoms with E-state index in [0.29, 0.717) is 4.83 Å². The van der Waals surface area contributed by atoms with E-state index in [-0.39, 0.29) is 0 Å². The van der Waals surface area contributed by atoms with Gasteiger partial charge >= 0.3 is 0 Å². The number of hydrogen-bond donors (Lipinski definition) is 0. The van der Waals surface area contributed by atoms with Crippen LogP contribution in [0.15, 0.2) is 24.3 Å². The fraction of sp³-hybridized carbons (Fsp3) is 0.500. The normalized spacial score (nSPS) is 12.8. The molecule has 0 aromatic heterocycles. The van der Waals surface area contributed by atoms with Gasteiger partial charge in [0.2, 0.25) is 0 Å². The van der Waals surface area contributed by atoms with Gasteiger partial charge in [-0.3, -0.25) is 0 Å². The van der Waals surface area contributed by atoms with Gasteiger partial charge in [0, 0.05) is 8.40 Å². The van der Waals surface area contributed by atoms with Crippen molar-refractivity contribution in [3.05, 3.63) is 33.4 Å². The molecule has 1 rings (SSSR count). The first-order chi connectivity index (χ1) is 6.72. The van der Waals surface area contributed by atoms with Crippen molar-refractivity contribution in [3.8, 4) is 0 Å². The van der Waals surface area contributed by atoms with Crippen LogP contribution in [0.3, 0.4) is 0 Å². The van der Waals surface area contributed by atoms with Crippen molar-refractivity contribution in [2.75, 3.05) is 0 Å². The first-order valence-corrected chi connectivity index (χ1v) is 7.10. The molecule has 0 radical (unpaired) electrons. The summed E-state index contributed by atoms with van der Waals surface area (Å²) in [4.78, 5) is 0.687. The summed E-state index contributed by atoms with van der Waals surface area (Å²) in [7, 11) is 0. The quantitative estimate of drug-likeness (QED) is 0.519. The highest BCUT2D eigenvalue weighted by Crippen LogP contribution is 2.16. The van der Waals surface area contributed by atoms with Crippen LogP contribution in [0.25, 0.3) is 0 Å². The monoisotopic (exact) mass is 366 g/mol. The van der Waals surface area contributed by atoms with Crippen molar-refractivity contribution < 1.29 is 0 Å². The first-order valence-electron chi connectivity index (χ1n) is 5.11. The van der Waals surface area contributed by atoms with Crippen LogP contribution in [0.4, 0.5) is 0 Å². The predicted octanol–water partition coefficient (Wildman–Crippen LogP) is 4.79. The summed E-state index contributed by atoms with van der Waals surface area (Å²) in [6.45, 7) is 2.24. The number of aryl methyl sites for hydroxylation is 1. The Morgan fingerprint density at radius 1 is 1.21 bits per heavy atom. The van der Waals surface area contributed by atoms with E-state index in [9.17, 15) is 0 Å². The van der Waals surface area contributed by atoms with E-state index in [1.165, 1.54) is 34.8 Å². The number of benzene rings is 1. The van der Waals surface area contributed by atoms with E-state index >= 15 is 0 Å². The fourth-order valence-electron chi connectivity index (χ4n) is 1.43. The maximum absolute atomic E-state index is 3.71. The lowest BCUT2D eigenvalue weighted by Crippen LogP contribution is -1.99. The van der Waals surface area contributed by atoms with Crippen molar-refractivity contribution in [2.24, 2.45) is 0 Å². The molecule has 0 heterocycles. The zero-order chi connectivity index (χ0) is 10.4. The predicted molar refractivity (Wildman–Crippen MR) is 75.1 cm³/mol. The van der Waals surface area contributed by atoms with Crippen LogP contribution in [0.2, 0.25) is 0 Å². The molecule has 0 aliphatic rings. The molecule has 1 unspecified atom stereocenters. The Balaban J connectivity index is 2.34. The molecular weight excluding hydrogens is 351 g/mol. The molecule has 1 atom stereocenters. The summed E-state index contributed by atoms with van der Waals surface area (Å²) in [6.07, 6.45) is 4.98. The Bertz CT molecular complexity index is 256. The Kier molecular flexibility index (Phi) is 6.10. The van der Waals surface area contributed by atoms with Gasteiger partial charge in [0.25, 0.3) is 0 Å². The SMILES string of the molecule is CCCC(Br)CCc1ccc(I)cc1. The number of alkyl halides is 1. The molecule has 0 aliphatic carbocycles. The molecule has 1 aromatic carbocycles. The average Bonchev–Trinajstić information content (AvgIpc) is 2.17. The number of halogens is 2. The Hall–Kier alpha value is 0.430. The highest BCUT2D eigenvalue weighted by Gasteiger charge is 2.02. The molecular formula is C12H16BrI. The van der Waals surface area contributed by atoms with Gasteiger partial charge in [0.05, 0.1) is 0 Å². The second-order valence-electron chi connectivity index (χ2n) is 3.55. The molecule has 0 saturated heterocycles. The van der Waals surface area contributed by atoms with Crippen LogP contribution in [0.1, 0.15) is 31.7 Å². The maximum Gasteiger partial charge on any atom is 0.0148 e. The van der Waals surface area contributed by atoms with E-state index in [0.717, 1.165) is 0 Å². The maximum atomic E-state index is 3.71. The molecule has 0 spiro atoms. The van der Waals surface area contributed by atoms with Gasteiger partial charge in [-0.25, -0.2) is 0 Å². The number of hydrogen-bond acceptors (Lipinski definition) is 0. The summed E-state index contributed by atoms with van der Waals surface area (Å²) in [5.74, 6) is 0. The van der Waals surface area contributed by atoms with Gasteiger partial charge in [-0.15, -0.1) is 0 Å². The molecule has 2 heteroatoms. The van der Waals surface area contributed by atoms with Crippen molar-refractivity contribution in [1.29, 1.82) is 0 Å². The van der Waals surface area contributed by atoms with Crippen LogP contribution < -0.4 is 0 Å². The van der Waals surface area contributed by atoms with Gasteiger partial charge in [-0.2, -0.15) is 0 Å². The molecule has 0 aliphatic heterocycles. The molecule has 78 valence electrons. The summed E-state index contributed by atoms with van der Waals surface area (Å²) < 4.78 is 1.32. The van der Waals surface area contributed by atoms with Gasteiger partial charge in [0.1, 0.15) is 0 Å². The second kappa shape index (κ2) is 6.83. The molecule has 0 nitrogen and oxygen atoms in total. The van der Waals surface area contributed by atoms with E-state index < -0.39 is 0 Å². The number of rotatable bonds is 5. The van der Waals surface area contributed by atoms with Crippen molar-refractivity contribution in [2.45, 2.75) is 37.4 Å². The van der Waals surface area contributed by atoms with Crippen LogP contribution in [-0.2, 0) is 6.42 Å². The highest BCUT2D eigenvalue weighted by molar-refractivity contribution is 14.1. The van der Waals surface area contributed by atoms with Crippen LogP contribution in [0, 0.1) is 3.57 Å². The molecule has 0 fully saturated rings. The minimum absolute atomic E-state index is 0.687. The molecule has 1 aromatic rings. The highest BCUT2D eigenvalue weighted by atomic mass is 127. The molecule has 14 heavy (non-hydrogen) atoms. The molecule has 0 N–H and O–H groups in total. The van der Waals surface area contributed by atoms with Gasteiger partial charge < -0.3 is 0 Å². The lowest BCUT2D eigenvalue weighted by Gasteiger charge is -2.07. The third kappa shape index (κ3) is 4.78. The zero-order valence-electron chi connectivity index (χ0n) is 8.47. The zero-order valence-corrected chi connectivity index (χ0v) is 12.2. The van der Waals surface area contributed by atoms with E-state index in [1.54, 1.807) is 0 Å². The average molecular weight is 367 g/mol. The molecule has 0 amide bonds. The minimum Gasteiger partial charge on any atom is -0.0891 e. The van der Waals surface area contributed by atoms with Crippen molar-refractivity contribution in [3.63, 3.8) is 0 Å². The van der Waals surface area contributed by atoms with Crippen LogP contribution >= 0.6 is 38.5 Å². The standard InChI is InChI=1S/C12H16BrI/c1-2-3-11(13)7-4-10-5-8-12(14)9-6-10/h5-6,8-9,11H,2-4,7H2,1H3. The second-order valence-corrected chi connectivity index (χ2v) is 6.09. The molecule has 0 saturated carbocycles. The Labute approximate surface area is 109 Å². The summed E-state index contributed by atoms with van der Waals surface area (Å²) >= 11 is 6.05. The van der Waals surface area contributed by atoms with E-state index in [4.69, 9.17) is 0 Å². The molecule has 0 bridgehead atoms. The fourth-order valence-corrected chi connectivity index (χ4v) is 2.48. The lowest BCUT2D eigenvalue weighted by molar-refractivity contribution is 0.693. The largest absolute Gasteiger partial charge is 0.0891 e. The minimum atomic E-state index is 0.687. The lowest BCUT2D eigenvalue weighted by atomic mass is 10.1. The van der Waals surface area contributed by atoms with Crippen molar-refractivity contribution >= 4 is 38.5 Å². The Morgan fingerprint density at radius 2 is 1.86 bits per heavy atom. The third-order valence-corrected chi connectivity index (χ3v) is 3.90. The topological polar surface area (TPSA) is 0 Å². The van der Waals surface area contributed by atoms with Crippen LogP contribution in [0.5, 0.6) is 0 Å². The van der Waals surface area contributed by atoms with E-state index in [1.807, 2.05) is 0 Å². The Morgan fingerprint density at radius 3 is 2.43 bits per heavy atom. The van der Waals surface area contributed by atoms with Crippen LogP contribution in [-0.4, -0.2) is 4.83 Å². The van der Waals surface area contributed by atoms with Crippen molar-refractivity contribution in [1.82, 2.24) is 0 Å². The smallest absolute Gasteiger partial charge is 0.0148 e.